The standard InChI is InChI=1S/C16H22FNO/c1-18(15-8-6-14(17)7-9-15)12-16(13-19)10-4-2-3-5-11-16/h6-9,13H,2-5,10-12H2,1H3. The van der Waals surface area contributed by atoms with Gasteiger partial charge in [-0.05, 0) is 37.1 Å². The molecule has 2 nitrogen and oxygen atoms in total. The van der Waals surface area contributed by atoms with Crippen LogP contribution in [0.4, 0.5) is 10.1 Å². The molecule has 0 spiro atoms. The fourth-order valence-corrected chi connectivity index (χ4v) is 3.01. The monoisotopic (exact) mass is 263 g/mol. The number of anilines is 1. The van der Waals surface area contributed by atoms with E-state index in [1.54, 1.807) is 12.1 Å². The van der Waals surface area contributed by atoms with E-state index >= 15 is 0 Å². The number of benzene rings is 1. The van der Waals surface area contributed by atoms with Gasteiger partial charge in [-0.2, -0.15) is 0 Å². The Morgan fingerprint density at radius 3 is 2.26 bits per heavy atom. The molecule has 0 amide bonds. The Morgan fingerprint density at radius 2 is 1.74 bits per heavy atom. The van der Waals surface area contributed by atoms with Crippen molar-refractivity contribution in [3.63, 3.8) is 0 Å². The number of halogens is 1. The first-order chi connectivity index (χ1) is 9.15. The highest BCUT2D eigenvalue weighted by Crippen LogP contribution is 2.34. The zero-order valence-electron chi connectivity index (χ0n) is 11.6. The first kappa shape index (κ1) is 14.0. The molecule has 1 aromatic rings. The summed E-state index contributed by atoms with van der Waals surface area (Å²) in [5.74, 6) is -0.225. The lowest BCUT2D eigenvalue weighted by atomic mass is 9.81. The number of aldehydes is 1. The van der Waals surface area contributed by atoms with Crippen molar-refractivity contribution >= 4 is 12.0 Å². The summed E-state index contributed by atoms with van der Waals surface area (Å²) in [4.78, 5) is 13.6. The molecule has 0 N–H and O–H groups in total. The Hall–Kier alpha value is -1.38. The summed E-state index contributed by atoms with van der Waals surface area (Å²) < 4.78 is 12.9. The van der Waals surface area contributed by atoms with E-state index in [0.717, 1.165) is 44.2 Å². The normalized spacial score (nSPS) is 18.6. The van der Waals surface area contributed by atoms with Gasteiger partial charge in [0.25, 0.3) is 0 Å². The second-order valence-corrected chi connectivity index (χ2v) is 5.73. The molecule has 3 heteroatoms. The van der Waals surface area contributed by atoms with Crippen LogP contribution in [-0.2, 0) is 4.79 Å². The van der Waals surface area contributed by atoms with Crippen molar-refractivity contribution in [2.24, 2.45) is 5.41 Å². The Morgan fingerprint density at radius 1 is 1.16 bits per heavy atom. The van der Waals surface area contributed by atoms with Crippen LogP contribution >= 0.6 is 0 Å². The van der Waals surface area contributed by atoms with Crippen LogP contribution in [0.15, 0.2) is 24.3 Å². The molecule has 1 saturated carbocycles. The first-order valence-corrected chi connectivity index (χ1v) is 7.08. The topological polar surface area (TPSA) is 20.3 Å². The number of carbonyl (C=O) groups is 1. The third-order valence-electron chi connectivity index (χ3n) is 4.17. The van der Waals surface area contributed by atoms with Crippen molar-refractivity contribution in [2.75, 3.05) is 18.5 Å². The summed E-state index contributed by atoms with van der Waals surface area (Å²) in [5.41, 5.74) is 0.742. The Bertz CT molecular complexity index is 407. The predicted octanol–water partition coefficient (Wildman–Crippen LogP) is 3.80. The van der Waals surface area contributed by atoms with Gasteiger partial charge in [-0.25, -0.2) is 4.39 Å². The van der Waals surface area contributed by atoms with Crippen LogP contribution in [0.5, 0.6) is 0 Å². The molecule has 0 aliphatic heterocycles. The maximum atomic E-state index is 12.9. The summed E-state index contributed by atoms with van der Waals surface area (Å²) in [7, 11) is 1.98. The van der Waals surface area contributed by atoms with Gasteiger partial charge in [-0.15, -0.1) is 0 Å². The molecule has 1 aliphatic rings. The van der Waals surface area contributed by atoms with Crippen LogP contribution in [0.25, 0.3) is 0 Å². The van der Waals surface area contributed by atoms with Gasteiger partial charge in [0.2, 0.25) is 0 Å². The Balaban J connectivity index is 2.08. The van der Waals surface area contributed by atoms with Crippen LogP contribution in [0.1, 0.15) is 38.5 Å². The second-order valence-electron chi connectivity index (χ2n) is 5.73. The predicted molar refractivity (Wildman–Crippen MR) is 75.9 cm³/mol. The van der Waals surface area contributed by atoms with E-state index in [0.29, 0.717) is 0 Å². The maximum Gasteiger partial charge on any atom is 0.127 e. The molecular weight excluding hydrogens is 241 g/mol. The smallest absolute Gasteiger partial charge is 0.127 e. The summed E-state index contributed by atoms with van der Waals surface area (Å²) in [6.07, 6.45) is 7.83. The molecule has 1 aliphatic carbocycles. The van der Waals surface area contributed by atoms with E-state index < -0.39 is 0 Å². The van der Waals surface area contributed by atoms with E-state index in [1.165, 1.54) is 25.0 Å². The molecule has 0 bridgehead atoms. The van der Waals surface area contributed by atoms with Crippen molar-refractivity contribution in [1.29, 1.82) is 0 Å². The van der Waals surface area contributed by atoms with E-state index in [4.69, 9.17) is 0 Å². The molecule has 0 aromatic heterocycles. The number of carbonyl (C=O) groups excluding carboxylic acids is 1. The fraction of sp³-hybridized carbons (Fsp3) is 0.562. The van der Waals surface area contributed by atoms with Gasteiger partial charge in [0.05, 0.1) is 0 Å². The van der Waals surface area contributed by atoms with Crippen molar-refractivity contribution in [3.8, 4) is 0 Å². The van der Waals surface area contributed by atoms with Crippen molar-refractivity contribution in [3.05, 3.63) is 30.1 Å². The van der Waals surface area contributed by atoms with Gasteiger partial charge in [0.1, 0.15) is 12.1 Å². The molecular formula is C16H22FNO. The van der Waals surface area contributed by atoms with Crippen LogP contribution in [0, 0.1) is 11.2 Å². The molecule has 1 aromatic carbocycles. The highest BCUT2D eigenvalue weighted by atomic mass is 19.1. The highest BCUT2D eigenvalue weighted by Gasteiger charge is 2.31. The minimum Gasteiger partial charge on any atom is -0.374 e. The molecule has 0 saturated heterocycles. The molecule has 2 rings (SSSR count). The Labute approximate surface area is 114 Å². The summed E-state index contributed by atoms with van der Waals surface area (Å²) in [6.45, 7) is 0.724. The molecule has 1 fully saturated rings. The average molecular weight is 263 g/mol. The second kappa shape index (κ2) is 6.18. The van der Waals surface area contributed by atoms with E-state index in [-0.39, 0.29) is 11.2 Å². The van der Waals surface area contributed by atoms with Crippen molar-refractivity contribution < 1.29 is 9.18 Å². The minimum atomic E-state index is -0.225. The summed E-state index contributed by atoms with van der Waals surface area (Å²) in [5, 5.41) is 0. The van der Waals surface area contributed by atoms with Crippen LogP contribution in [-0.4, -0.2) is 19.9 Å². The lowest BCUT2D eigenvalue weighted by Gasteiger charge is -2.32. The van der Waals surface area contributed by atoms with Gasteiger partial charge < -0.3 is 9.69 Å². The highest BCUT2D eigenvalue weighted by molar-refractivity contribution is 5.61. The summed E-state index contributed by atoms with van der Waals surface area (Å²) >= 11 is 0. The number of hydrogen-bond donors (Lipinski definition) is 0. The van der Waals surface area contributed by atoms with Crippen molar-refractivity contribution in [2.45, 2.75) is 38.5 Å². The van der Waals surface area contributed by atoms with E-state index in [1.807, 2.05) is 7.05 Å². The zero-order chi connectivity index (χ0) is 13.7. The van der Waals surface area contributed by atoms with Crippen molar-refractivity contribution in [1.82, 2.24) is 0 Å². The number of hydrogen-bond acceptors (Lipinski definition) is 2. The largest absolute Gasteiger partial charge is 0.374 e. The van der Waals surface area contributed by atoms with Gasteiger partial charge in [-0.3, -0.25) is 0 Å². The lowest BCUT2D eigenvalue weighted by molar-refractivity contribution is -0.116. The number of nitrogens with zero attached hydrogens (tertiary/aromatic N) is 1. The average Bonchev–Trinajstić information content (AvgIpc) is 2.65. The van der Waals surface area contributed by atoms with Crippen LogP contribution < -0.4 is 4.90 Å². The van der Waals surface area contributed by atoms with Gasteiger partial charge in [0, 0.05) is 24.7 Å². The molecule has 0 atom stereocenters. The molecule has 19 heavy (non-hydrogen) atoms. The first-order valence-electron chi connectivity index (χ1n) is 7.08. The fourth-order valence-electron chi connectivity index (χ4n) is 3.01. The minimum absolute atomic E-state index is 0.223. The van der Waals surface area contributed by atoms with Gasteiger partial charge in [0.15, 0.2) is 0 Å². The van der Waals surface area contributed by atoms with Crippen LogP contribution in [0.2, 0.25) is 0 Å². The molecule has 0 unspecified atom stereocenters. The van der Waals surface area contributed by atoms with E-state index in [2.05, 4.69) is 4.90 Å². The summed E-state index contributed by atoms with van der Waals surface area (Å²) in [6, 6.07) is 6.47. The third kappa shape index (κ3) is 3.55. The number of rotatable bonds is 4. The quantitative estimate of drug-likeness (QED) is 0.608. The Kier molecular flexibility index (Phi) is 4.56. The maximum absolute atomic E-state index is 12.9. The SMILES string of the molecule is CN(CC1(C=O)CCCCCC1)c1ccc(F)cc1. The molecule has 0 heterocycles. The zero-order valence-corrected chi connectivity index (χ0v) is 11.6. The van der Waals surface area contributed by atoms with Gasteiger partial charge in [-0.1, -0.05) is 25.7 Å². The lowest BCUT2D eigenvalue weighted by Crippen LogP contribution is -2.36. The van der Waals surface area contributed by atoms with Gasteiger partial charge >= 0.3 is 0 Å². The van der Waals surface area contributed by atoms with E-state index in [9.17, 15) is 9.18 Å². The third-order valence-corrected chi connectivity index (χ3v) is 4.17. The van der Waals surface area contributed by atoms with Crippen LogP contribution in [0.3, 0.4) is 0 Å². The molecule has 0 radical (unpaired) electrons. The molecule has 104 valence electrons.